The van der Waals surface area contributed by atoms with Gasteiger partial charge in [-0.3, -0.25) is 9.59 Å². The molecule has 28 heavy (non-hydrogen) atoms. The minimum Gasteiger partial charge on any atom is -0.469 e. The van der Waals surface area contributed by atoms with Crippen LogP contribution in [0.2, 0.25) is 0 Å². The van der Waals surface area contributed by atoms with Crippen molar-refractivity contribution in [2.45, 2.75) is 32.1 Å². The maximum absolute atomic E-state index is 12.8. The predicted molar refractivity (Wildman–Crippen MR) is 113 cm³/mol. The third-order valence-electron chi connectivity index (χ3n) is 5.75. The van der Waals surface area contributed by atoms with Crippen molar-refractivity contribution >= 4 is 30.0 Å². The molecule has 2 aliphatic heterocycles. The molecule has 3 rings (SSSR count). The maximum Gasteiger partial charge on any atom is 0.305 e. The van der Waals surface area contributed by atoms with Crippen molar-refractivity contribution in [2.75, 3.05) is 45.2 Å². The lowest BCUT2D eigenvalue weighted by atomic mass is 9.93. The Bertz CT molecular complexity index is 642. The van der Waals surface area contributed by atoms with Gasteiger partial charge in [-0.15, -0.1) is 12.4 Å². The molecular formula is C21H32ClN3O3. The average Bonchev–Trinajstić information content (AvgIpc) is 2.73. The molecule has 2 heterocycles. The van der Waals surface area contributed by atoms with E-state index in [9.17, 15) is 9.59 Å². The van der Waals surface area contributed by atoms with Crippen LogP contribution in [0.3, 0.4) is 0 Å². The van der Waals surface area contributed by atoms with Crippen LogP contribution >= 0.6 is 12.4 Å². The molecule has 0 radical (unpaired) electrons. The Morgan fingerprint density at radius 3 is 2.54 bits per heavy atom. The number of amides is 1. The first-order valence-electron chi connectivity index (χ1n) is 10.1. The van der Waals surface area contributed by atoms with Gasteiger partial charge in [0, 0.05) is 37.3 Å². The first kappa shape index (κ1) is 22.5. The van der Waals surface area contributed by atoms with E-state index in [2.05, 4.69) is 10.6 Å². The van der Waals surface area contributed by atoms with E-state index in [1.165, 1.54) is 20.0 Å². The third kappa shape index (κ3) is 6.38. The van der Waals surface area contributed by atoms with Crippen molar-refractivity contribution < 1.29 is 14.3 Å². The molecule has 7 heteroatoms. The normalized spacial score (nSPS) is 18.2. The molecule has 0 bridgehead atoms. The van der Waals surface area contributed by atoms with Crippen LogP contribution in [0.15, 0.2) is 24.3 Å². The summed E-state index contributed by atoms with van der Waals surface area (Å²) >= 11 is 0. The smallest absolute Gasteiger partial charge is 0.305 e. The fraction of sp³-hybridized carbons (Fsp3) is 0.619. The molecular weight excluding hydrogens is 378 g/mol. The number of esters is 1. The summed E-state index contributed by atoms with van der Waals surface area (Å²) in [5.74, 6) is 0.934. The second-order valence-electron chi connectivity index (χ2n) is 7.67. The lowest BCUT2D eigenvalue weighted by Gasteiger charge is -2.31. The van der Waals surface area contributed by atoms with Crippen LogP contribution in [0.5, 0.6) is 0 Å². The molecule has 2 saturated heterocycles. The van der Waals surface area contributed by atoms with Gasteiger partial charge in [-0.2, -0.15) is 0 Å². The molecule has 156 valence electrons. The van der Waals surface area contributed by atoms with Crippen molar-refractivity contribution in [1.82, 2.24) is 10.2 Å². The molecule has 1 amide bonds. The maximum atomic E-state index is 12.8. The summed E-state index contributed by atoms with van der Waals surface area (Å²) < 4.78 is 4.75. The van der Waals surface area contributed by atoms with Crippen LogP contribution in [-0.4, -0.2) is 56.6 Å². The van der Waals surface area contributed by atoms with E-state index in [-0.39, 0.29) is 24.3 Å². The highest BCUT2D eigenvalue weighted by atomic mass is 35.5. The SMILES string of the molecule is COC(=O)CC1CCN(C(=O)c2cccc(NCC3CCNCC3)c2)CC1.Cl. The van der Waals surface area contributed by atoms with Crippen LogP contribution in [0.25, 0.3) is 0 Å². The molecule has 0 aromatic heterocycles. The predicted octanol–water partition coefficient (Wildman–Crippen LogP) is 2.94. The van der Waals surface area contributed by atoms with Gasteiger partial charge in [0.15, 0.2) is 0 Å². The fourth-order valence-corrected chi connectivity index (χ4v) is 3.95. The van der Waals surface area contributed by atoms with Crippen LogP contribution in [0.4, 0.5) is 5.69 Å². The van der Waals surface area contributed by atoms with Crippen molar-refractivity contribution in [2.24, 2.45) is 11.8 Å². The largest absolute Gasteiger partial charge is 0.469 e. The number of halogens is 1. The molecule has 1 aromatic carbocycles. The summed E-state index contributed by atoms with van der Waals surface area (Å²) in [7, 11) is 1.42. The topological polar surface area (TPSA) is 70.7 Å². The van der Waals surface area contributed by atoms with E-state index >= 15 is 0 Å². The van der Waals surface area contributed by atoms with E-state index in [0.29, 0.717) is 31.3 Å². The van der Waals surface area contributed by atoms with Gasteiger partial charge >= 0.3 is 5.97 Å². The van der Waals surface area contributed by atoms with Crippen molar-refractivity contribution in [3.63, 3.8) is 0 Å². The number of piperidine rings is 2. The monoisotopic (exact) mass is 409 g/mol. The van der Waals surface area contributed by atoms with Crippen LogP contribution < -0.4 is 10.6 Å². The molecule has 6 nitrogen and oxygen atoms in total. The zero-order valence-electron chi connectivity index (χ0n) is 16.6. The van der Waals surface area contributed by atoms with Crippen molar-refractivity contribution in [1.29, 1.82) is 0 Å². The number of anilines is 1. The number of benzene rings is 1. The summed E-state index contributed by atoms with van der Waals surface area (Å²) in [6.45, 7) is 4.55. The number of methoxy groups -OCH3 is 1. The van der Waals surface area contributed by atoms with Gasteiger partial charge in [0.05, 0.1) is 7.11 Å². The molecule has 0 unspecified atom stereocenters. The molecule has 0 spiro atoms. The summed E-state index contributed by atoms with van der Waals surface area (Å²) in [5, 5.41) is 6.88. The van der Waals surface area contributed by atoms with Crippen molar-refractivity contribution in [3.8, 4) is 0 Å². The standard InChI is InChI=1S/C21H31N3O3.ClH/c1-27-20(25)13-16-7-11-24(12-8-16)21(26)18-3-2-4-19(14-18)23-15-17-5-9-22-10-6-17;/h2-4,14,16-17,22-23H,5-13,15H2,1H3;1H. The Labute approximate surface area is 173 Å². The van der Waals surface area contributed by atoms with Gasteiger partial charge in [0.1, 0.15) is 0 Å². The zero-order chi connectivity index (χ0) is 19.1. The summed E-state index contributed by atoms with van der Waals surface area (Å²) in [5.41, 5.74) is 1.75. The van der Waals surface area contributed by atoms with Crippen LogP contribution in [0.1, 0.15) is 42.5 Å². The first-order valence-corrected chi connectivity index (χ1v) is 10.1. The second-order valence-corrected chi connectivity index (χ2v) is 7.67. The summed E-state index contributed by atoms with van der Waals surface area (Å²) in [6.07, 6.45) is 4.57. The fourth-order valence-electron chi connectivity index (χ4n) is 3.95. The van der Waals surface area contributed by atoms with Gasteiger partial charge in [0.25, 0.3) is 5.91 Å². The van der Waals surface area contributed by atoms with Gasteiger partial charge in [-0.05, 0) is 68.8 Å². The second kappa shape index (κ2) is 11.3. The summed E-state index contributed by atoms with van der Waals surface area (Å²) in [6, 6.07) is 7.82. The number of ether oxygens (including phenoxy) is 1. The van der Waals surface area contributed by atoms with Gasteiger partial charge in [0.2, 0.25) is 0 Å². The molecule has 2 fully saturated rings. The molecule has 0 atom stereocenters. The highest BCUT2D eigenvalue weighted by molar-refractivity contribution is 5.95. The Hall–Kier alpha value is -1.79. The van der Waals surface area contributed by atoms with Gasteiger partial charge < -0.3 is 20.3 Å². The molecule has 0 saturated carbocycles. The van der Waals surface area contributed by atoms with E-state index in [1.807, 2.05) is 29.2 Å². The van der Waals surface area contributed by atoms with E-state index in [4.69, 9.17) is 4.74 Å². The minimum absolute atomic E-state index is 0. The molecule has 2 aliphatic rings. The molecule has 2 N–H and O–H groups in total. The van der Waals surface area contributed by atoms with Crippen LogP contribution in [-0.2, 0) is 9.53 Å². The number of carbonyl (C=O) groups excluding carboxylic acids is 2. The van der Waals surface area contributed by atoms with Crippen LogP contribution in [0, 0.1) is 11.8 Å². The zero-order valence-corrected chi connectivity index (χ0v) is 17.4. The highest BCUT2D eigenvalue weighted by Gasteiger charge is 2.25. The number of rotatable bonds is 6. The number of hydrogen-bond donors (Lipinski definition) is 2. The Morgan fingerprint density at radius 1 is 1.14 bits per heavy atom. The number of likely N-dealkylation sites (tertiary alicyclic amines) is 1. The third-order valence-corrected chi connectivity index (χ3v) is 5.75. The highest BCUT2D eigenvalue weighted by Crippen LogP contribution is 2.23. The number of nitrogens with one attached hydrogen (secondary N) is 2. The first-order chi connectivity index (χ1) is 13.2. The van der Waals surface area contributed by atoms with E-state index in [0.717, 1.165) is 43.7 Å². The molecule has 1 aromatic rings. The Kier molecular flexibility index (Phi) is 9.06. The Balaban J connectivity index is 0.00000280. The Morgan fingerprint density at radius 2 is 1.86 bits per heavy atom. The van der Waals surface area contributed by atoms with E-state index in [1.54, 1.807) is 0 Å². The number of nitrogens with zero attached hydrogens (tertiary/aromatic N) is 1. The molecule has 0 aliphatic carbocycles. The number of hydrogen-bond acceptors (Lipinski definition) is 5. The van der Waals surface area contributed by atoms with Crippen molar-refractivity contribution in [3.05, 3.63) is 29.8 Å². The van der Waals surface area contributed by atoms with E-state index < -0.39 is 0 Å². The lowest BCUT2D eigenvalue weighted by molar-refractivity contribution is -0.142. The average molecular weight is 410 g/mol. The van der Waals surface area contributed by atoms with Gasteiger partial charge in [-0.25, -0.2) is 0 Å². The van der Waals surface area contributed by atoms with Gasteiger partial charge in [-0.1, -0.05) is 6.07 Å². The lowest BCUT2D eigenvalue weighted by Crippen LogP contribution is -2.39. The minimum atomic E-state index is -0.160. The quantitative estimate of drug-likeness (QED) is 0.707. The number of carbonyl (C=O) groups is 2. The summed E-state index contributed by atoms with van der Waals surface area (Å²) in [4.78, 5) is 26.2.